The highest BCUT2D eigenvalue weighted by molar-refractivity contribution is 9.10. The zero-order chi connectivity index (χ0) is 17.8. The summed E-state index contributed by atoms with van der Waals surface area (Å²) >= 11 is 3.69. The lowest BCUT2D eigenvalue weighted by Gasteiger charge is -2.48. The number of hydrogen-bond donors (Lipinski definition) is 1. The van der Waals surface area contributed by atoms with E-state index in [2.05, 4.69) is 38.3 Å². The van der Waals surface area contributed by atoms with Crippen LogP contribution in [0.25, 0.3) is 0 Å². The second kappa shape index (κ2) is 6.27. The molecule has 0 aliphatic carbocycles. The number of anilines is 1. The normalized spacial score (nSPS) is 28.2. The number of halogens is 1. The summed E-state index contributed by atoms with van der Waals surface area (Å²) in [6.45, 7) is 8.90. The number of hydrogen-bond acceptors (Lipinski definition) is 4. The van der Waals surface area contributed by atoms with Gasteiger partial charge in [0, 0.05) is 29.2 Å². The van der Waals surface area contributed by atoms with E-state index in [1.54, 1.807) is 0 Å². The highest BCUT2D eigenvalue weighted by Crippen LogP contribution is 2.48. The van der Waals surface area contributed by atoms with E-state index in [0.29, 0.717) is 5.92 Å². The third kappa shape index (κ3) is 3.21. The van der Waals surface area contributed by atoms with Crippen LogP contribution in [0.15, 0.2) is 16.6 Å². The number of piperidine rings is 1. The van der Waals surface area contributed by atoms with E-state index in [9.17, 15) is 4.79 Å². The number of nitrogens with zero attached hydrogens (tertiary/aromatic N) is 1. The molecular formula is C20H27BrN2O2. The van der Waals surface area contributed by atoms with Gasteiger partial charge in [-0.3, -0.25) is 4.79 Å². The zero-order valence-corrected chi connectivity index (χ0v) is 16.9. The third-order valence-corrected chi connectivity index (χ3v) is 6.05. The van der Waals surface area contributed by atoms with E-state index in [0.717, 1.165) is 36.9 Å². The highest BCUT2D eigenvalue weighted by atomic mass is 79.9. The van der Waals surface area contributed by atoms with Crippen LogP contribution in [-0.2, 0) is 16.0 Å². The van der Waals surface area contributed by atoms with Crippen LogP contribution >= 0.6 is 15.9 Å². The Kier molecular flexibility index (Phi) is 4.35. The number of carbonyl (C=O) groups is 1. The van der Waals surface area contributed by atoms with E-state index in [4.69, 9.17) is 4.74 Å². The van der Waals surface area contributed by atoms with Gasteiger partial charge in [-0.05, 0) is 75.8 Å². The molecule has 0 bridgehead atoms. The minimum atomic E-state index is -0.455. The summed E-state index contributed by atoms with van der Waals surface area (Å²) in [4.78, 5) is 15.5. The van der Waals surface area contributed by atoms with Crippen molar-refractivity contribution in [2.75, 3.05) is 24.5 Å². The fraction of sp³-hybridized carbons (Fsp3) is 0.650. The number of fused-ring (bicyclic) bond motifs is 2. The zero-order valence-electron chi connectivity index (χ0n) is 15.3. The molecule has 4 nitrogen and oxygen atoms in total. The Labute approximate surface area is 158 Å². The summed E-state index contributed by atoms with van der Waals surface area (Å²) in [5, 5.41) is 3.46. The quantitative estimate of drug-likeness (QED) is 0.723. The summed E-state index contributed by atoms with van der Waals surface area (Å²) in [6.07, 6.45) is 3.45. The Bertz CT molecular complexity index is 698. The largest absolute Gasteiger partial charge is 0.459 e. The second-order valence-electron chi connectivity index (χ2n) is 8.59. The van der Waals surface area contributed by atoms with Crippen LogP contribution in [0.5, 0.6) is 0 Å². The van der Waals surface area contributed by atoms with Crippen molar-refractivity contribution >= 4 is 27.6 Å². The van der Waals surface area contributed by atoms with Gasteiger partial charge in [0.25, 0.3) is 0 Å². The standard InChI is InChI=1S/C20H27BrN2O2/c1-20(2,3)25-19(24)17-16-13(6-7-22-17)11-23-8-4-5-12-9-14(21)10-15(16)18(12)23/h9-10,13,16-17,22H,4-8,11H2,1-3H3. The van der Waals surface area contributed by atoms with Gasteiger partial charge in [-0.2, -0.15) is 0 Å². The molecule has 0 aromatic heterocycles. The van der Waals surface area contributed by atoms with Crippen molar-refractivity contribution < 1.29 is 9.53 Å². The number of ether oxygens (including phenoxy) is 1. The maximum atomic E-state index is 12.9. The topological polar surface area (TPSA) is 41.6 Å². The Morgan fingerprint density at radius 2 is 2.16 bits per heavy atom. The number of esters is 1. The van der Waals surface area contributed by atoms with Crippen molar-refractivity contribution in [1.29, 1.82) is 0 Å². The van der Waals surface area contributed by atoms with Gasteiger partial charge in [0.05, 0.1) is 0 Å². The van der Waals surface area contributed by atoms with Crippen molar-refractivity contribution in [2.45, 2.75) is 57.6 Å². The first-order chi connectivity index (χ1) is 11.8. The average Bonchev–Trinajstić information content (AvgIpc) is 2.52. The monoisotopic (exact) mass is 406 g/mol. The minimum Gasteiger partial charge on any atom is -0.459 e. The Morgan fingerprint density at radius 1 is 1.36 bits per heavy atom. The SMILES string of the molecule is CC(C)(C)OC(=O)C1NCCC2CN3CCCc4cc(Br)cc(c43)C21. The molecule has 1 saturated heterocycles. The molecule has 1 aromatic carbocycles. The first kappa shape index (κ1) is 17.3. The maximum absolute atomic E-state index is 12.9. The fourth-order valence-corrected chi connectivity index (χ4v) is 5.31. The number of rotatable bonds is 1. The number of carbonyl (C=O) groups excluding carboxylic acids is 1. The van der Waals surface area contributed by atoms with E-state index in [1.807, 2.05) is 20.8 Å². The summed E-state index contributed by atoms with van der Waals surface area (Å²) in [5.74, 6) is 0.593. The van der Waals surface area contributed by atoms with E-state index in [1.165, 1.54) is 23.2 Å². The van der Waals surface area contributed by atoms with Gasteiger partial charge in [-0.25, -0.2) is 0 Å². The minimum absolute atomic E-state index is 0.111. The Morgan fingerprint density at radius 3 is 2.92 bits per heavy atom. The molecule has 1 fully saturated rings. The predicted molar refractivity (Wildman–Crippen MR) is 103 cm³/mol. The van der Waals surface area contributed by atoms with Crippen LogP contribution in [-0.4, -0.2) is 37.2 Å². The van der Waals surface area contributed by atoms with E-state index in [-0.39, 0.29) is 17.9 Å². The molecule has 4 rings (SSSR count). The van der Waals surface area contributed by atoms with Crippen LogP contribution in [0.4, 0.5) is 5.69 Å². The second-order valence-corrected chi connectivity index (χ2v) is 9.51. The maximum Gasteiger partial charge on any atom is 0.324 e. The van der Waals surface area contributed by atoms with Gasteiger partial charge < -0.3 is 15.0 Å². The molecule has 0 amide bonds. The van der Waals surface area contributed by atoms with Crippen molar-refractivity contribution in [1.82, 2.24) is 5.32 Å². The Hall–Kier alpha value is -1.07. The molecule has 1 aromatic rings. The molecule has 0 radical (unpaired) electrons. The van der Waals surface area contributed by atoms with Gasteiger partial charge >= 0.3 is 5.97 Å². The molecule has 3 atom stereocenters. The molecule has 3 heterocycles. The molecule has 136 valence electrons. The molecule has 3 unspecified atom stereocenters. The summed E-state index contributed by atoms with van der Waals surface area (Å²) in [6, 6.07) is 4.24. The van der Waals surface area contributed by atoms with Crippen LogP contribution in [0.1, 0.15) is 50.7 Å². The number of nitrogens with one attached hydrogen (secondary N) is 1. The van der Waals surface area contributed by atoms with Crippen molar-refractivity contribution in [3.05, 3.63) is 27.7 Å². The average molecular weight is 407 g/mol. The van der Waals surface area contributed by atoms with Crippen LogP contribution < -0.4 is 10.2 Å². The lowest BCUT2D eigenvalue weighted by molar-refractivity contribution is -0.159. The fourth-order valence-electron chi connectivity index (χ4n) is 4.78. The third-order valence-electron chi connectivity index (χ3n) is 5.59. The van der Waals surface area contributed by atoms with Gasteiger partial charge in [-0.1, -0.05) is 15.9 Å². The molecule has 3 aliphatic rings. The lowest BCUT2D eigenvalue weighted by atomic mass is 9.71. The molecular weight excluding hydrogens is 380 g/mol. The highest BCUT2D eigenvalue weighted by Gasteiger charge is 2.45. The first-order valence-electron chi connectivity index (χ1n) is 9.37. The van der Waals surface area contributed by atoms with Crippen LogP contribution in [0, 0.1) is 5.92 Å². The summed E-state index contributed by atoms with van der Waals surface area (Å²) in [5.41, 5.74) is 3.67. The van der Waals surface area contributed by atoms with Crippen LogP contribution in [0.2, 0.25) is 0 Å². The smallest absolute Gasteiger partial charge is 0.324 e. The molecule has 25 heavy (non-hydrogen) atoms. The van der Waals surface area contributed by atoms with Gasteiger partial charge in [0.1, 0.15) is 11.6 Å². The van der Waals surface area contributed by atoms with Gasteiger partial charge in [0.2, 0.25) is 0 Å². The predicted octanol–water partition coefficient (Wildman–Crippen LogP) is 3.62. The summed E-state index contributed by atoms with van der Waals surface area (Å²) in [7, 11) is 0. The van der Waals surface area contributed by atoms with Gasteiger partial charge in [0.15, 0.2) is 0 Å². The lowest BCUT2D eigenvalue weighted by Crippen LogP contribution is -2.56. The number of benzene rings is 1. The summed E-state index contributed by atoms with van der Waals surface area (Å²) < 4.78 is 6.86. The first-order valence-corrected chi connectivity index (χ1v) is 10.2. The van der Waals surface area contributed by atoms with Crippen LogP contribution in [0.3, 0.4) is 0 Å². The van der Waals surface area contributed by atoms with E-state index < -0.39 is 5.60 Å². The molecule has 3 aliphatic heterocycles. The molecule has 0 saturated carbocycles. The van der Waals surface area contributed by atoms with Crippen molar-refractivity contribution in [3.8, 4) is 0 Å². The van der Waals surface area contributed by atoms with E-state index >= 15 is 0 Å². The van der Waals surface area contributed by atoms with Crippen molar-refractivity contribution in [3.63, 3.8) is 0 Å². The van der Waals surface area contributed by atoms with Crippen molar-refractivity contribution in [2.24, 2.45) is 5.92 Å². The molecule has 1 N–H and O–H groups in total. The molecule has 5 heteroatoms. The number of aryl methyl sites for hydroxylation is 1. The Balaban J connectivity index is 1.76. The molecule has 0 spiro atoms. The van der Waals surface area contributed by atoms with Gasteiger partial charge in [-0.15, -0.1) is 0 Å².